The van der Waals surface area contributed by atoms with Gasteiger partial charge in [0, 0.05) is 19.5 Å². The lowest BCUT2D eigenvalue weighted by Crippen LogP contribution is -2.59. The third kappa shape index (κ3) is 3.08. The summed E-state index contributed by atoms with van der Waals surface area (Å²) in [6, 6.07) is 6.11. The van der Waals surface area contributed by atoms with E-state index in [2.05, 4.69) is 10.6 Å². The summed E-state index contributed by atoms with van der Waals surface area (Å²) < 4.78 is 24.9. The van der Waals surface area contributed by atoms with Crippen molar-refractivity contribution in [1.82, 2.24) is 10.6 Å². The molecule has 2 aliphatic rings. The van der Waals surface area contributed by atoms with Gasteiger partial charge in [0.1, 0.15) is 0 Å². The third-order valence-corrected chi connectivity index (χ3v) is 4.22. The van der Waals surface area contributed by atoms with E-state index in [0.29, 0.717) is 13.0 Å². The Kier molecular flexibility index (Phi) is 4.31. The first-order valence-electron chi connectivity index (χ1n) is 7.68. The third-order valence-electron chi connectivity index (χ3n) is 4.22. The van der Waals surface area contributed by atoms with Crippen LogP contribution in [0.5, 0.6) is 5.75 Å². The summed E-state index contributed by atoms with van der Waals surface area (Å²) in [4.78, 5) is 12.3. The van der Waals surface area contributed by atoms with Crippen LogP contribution in [0.3, 0.4) is 0 Å². The van der Waals surface area contributed by atoms with Crippen LogP contribution < -0.4 is 15.4 Å². The maximum Gasteiger partial charge on any atom is 0.261 e. The molecule has 2 saturated heterocycles. The zero-order chi connectivity index (χ0) is 15.6. The van der Waals surface area contributed by atoms with Gasteiger partial charge < -0.3 is 20.1 Å². The largest absolute Gasteiger partial charge is 0.478 e. The fraction of sp³-hybridized carbons (Fsp3) is 0.562. The molecule has 2 unspecified atom stereocenters. The van der Waals surface area contributed by atoms with Crippen molar-refractivity contribution in [2.75, 3.05) is 19.7 Å². The molecule has 0 saturated carbocycles. The van der Waals surface area contributed by atoms with Crippen LogP contribution in [0, 0.1) is 5.82 Å². The van der Waals surface area contributed by atoms with Gasteiger partial charge in [0.25, 0.3) is 5.91 Å². The lowest BCUT2D eigenvalue weighted by atomic mass is 9.92. The van der Waals surface area contributed by atoms with Gasteiger partial charge in [0.05, 0.1) is 18.2 Å². The van der Waals surface area contributed by atoms with Gasteiger partial charge in [-0.3, -0.25) is 4.79 Å². The Bertz CT molecular complexity index is 548. The van der Waals surface area contributed by atoms with Gasteiger partial charge in [0.15, 0.2) is 17.7 Å². The second-order valence-corrected chi connectivity index (χ2v) is 5.95. The fourth-order valence-corrected chi connectivity index (χ4v) is 2.90. The van der Waals surface area contributed by atoms with E-state index in [-0.39, 0.29) is 23.3 Å². The molecule has 2 atom stereocenters. The van der Waals surface area contributed by atoms with Crippen LogP contribution in [0.25, 0.3) is 0 Å². The predicted molar refractivity (Wildman–Crippen MR) is 79.2 cm³/mol. The summed E-state index contributed by atoms with van der Waals surface area (Å²) in [6.45, 7) is 4.03. The molecule has 22 heavy (non-hydrogen) atoms. The Morgan fingerprint density at radius 3 is 2.91 bits per heavy atom. The molecule has 2 aliphatic heterocycles. The second kappa shape index (κ2) is 6.22. The van der Waals surface area contributed by atoms with E-state index in [9.17, 15) is 9.18 Å². The smallest absolute Gasteiger partial charge is 0.261 e. The monoisotopic (exact) mass is 308 g/mol. The summed E-state index contributed by atoms with van der Waals surface area (Å²) in [5.41, 5.74) is -0.105. The molecule has 2 heterocycles. The predicted octanol–water partition coefficient (Wildman–Crippen LogP) is 1.23. The van der Waals surface area contributed by atoms with Crippen LogP contribution in [0.1, 0.15) is 19.8 Å². The molecule has 2 fully saturated rings. The van der Waals surface area contributed by atoms with Crippen LogP contribution in [-0.2, 0) is 9.53 Å². The standard InChI is InChI=1S/C16H21FN2O3/c1-2-13(22-14-6-4-3-5-12(14)17)15(20)19-11-7-16(21-8-11)9-18-10-16/h3-6,11,13,18H,2,7-10H2,1H3,(H,19,20). The minimum Gasteiger partial charge on any atom is -0.478 e. The molecule has 1 aromatic rings. The van der Waals surface area contributed by atoms with Crippen molar-refractivity contribution in [3.63, 3.8) is 0 Å². The molecule has 3 rings (SSSR count). The maximum absolute atomic E-state index is 13.6. The molecule has 1 amide bonds. The van der Waals surface area contributed by atoms with Crippen LogP contribution in [0.4, 0.5) is 4.39 Å². The molecule has 0 bridgehead atoms. The molecule has 0 radical (unpaired) electrons. The van der Waals surface area contributed by atoms with E-state index < -0.39 is 11.9 Å². The Hall–Kier alpha value is -1.66. The molecule has 2 N–H and O–H groups in total. The number of rotatable bonds is 5. The highest BCUT2D eigenvalue weighted by Gasteiger charge is 2.45. The second-order valence-electron chi connectivity index (χ2n) is 5.95. The van der Waals surface area contributed by atoms with E-state index in [4.69, 9.17) is 9.47 Å². The highest BCUT2D eigenvalue weighted by atomic mass is 19.1. The normalized spacial score (nSPS) is 23.8. The highest BCUT2D eigenvalue weighted by Crippen LogP contribution is 2.29. The van der Waals surface area contributed by atoms with Gasteiger partial charge in [-0.15, -0.1) is 0 Å². The molecule has 0 aliphatic carbocycles. The summed E-state index contributed by atoms with van der Waals surface area (Å²) in [5, 5.41) is 6.14. The minimum absolute atomic E-state index is 0.00660. The zero-order valence-corrected chi connectivity index (χ0v) is 12.6. The van der Waals surface area contributed by atoms with E-state index in [1.165, 1.54) is 12.1 Å². The number of para-hydroxylation sites is 1. The molecule has 120 valence electrons. The van der Waals surface area contributed by atoms with Crippen molar-refractivity contribution >= 4 is 5.91 Å². The van der Waals surface area contributed by atoms with Crippen LogP contribution in [0.15, 0.2) is 24.3 Å². The number of nitrogens with one attached hydrogen (secondary N) is 2. The molecular weight excluding hydrogens is 287 g/mol. The number of carbonyl (C=O) groups is 1. The first-order chi connectivity index (χ1) is 10.6. The van der Waals surface area contributed by atoms with Crippen molar-refractivity contribution in [3.8, 4) is 5.75 Å². The summed E-state index contributed by atoms with van der Waals surface area (Å²) in [6.07, 6.45) is 0.579. The van der Waals surface area contributed by atoms with Gasteiger partial charge in [0.2, 0.25) is 0 Å². The molecule has 0 aromatic heterocycles. The van der Waals surface area contributed by atoms with E-state index in [0.717, 1.165) is 19.5 Å². The molecule has 6 heteroatoms. The number of ether oxygens (including phenoxy) is 2. The highest BCUT2D eigenvalue weighted by molar-refractivity contribution is 5.81. The number of carbonyl (C=O) groups excluding carboxylic acids is 1. The van der Waals surface area contributed by atoms with Crippen molar-refractivity contribution in [2.45, 2.75) is 37.5 Å². The Morgan fingerprint density at radius 2 is 2.32 bits per heavy atom. The number of hydrogen-bond donors (Lipinski definition) is 2. The maximum atomic E-state index is 13.6. The first-order valence-corrected chi connectivity index (χ1v) is 7.68. The average Bonchev–Trinajstić information content (AvgIpc) is 2.90. The molecule has 1 aromatic carbocycles. The molecule has 5 nitrogen and oxygen atoms in total. The number of hydrogen-bond acceptors (Lipinski definition) is 4. The van der Waals surface area contributed by atoms with Crippen LogP contribution >= 0.6 is 0 Å². The van der Waals surface area contributed by atoms with Gasteiger partial charge in [-0.25, -0.2) is 4.39 Å². The Labute approximate surface area is 129 Å². The van der Waals surface area contributed by atoms with Crippen LogP contribution in [0.2, 0.25) is 0 Å². The Balaban J connectivity index is 1.57. The van der Waals surface area contributed by atoms with E-state index in [1.807, 2.05) is 6.92 Å². The number of benzene rings is 1. The lowest BCUT2D eigenvalue weighted by molar-refractivity contribution is -0.128. The fourth-order valence-electron chi connectivity index (χ4n) is 2.90. The van der Waals surface area contributed by atoms with Crippen molar-refractivity contribution in [3.05, 3.63) is 30.1 Å². The topological polar surface area (TPSA) is 59.6 Å². The average molecular weight is 308 g/mol. The summed E-state index contributed by atoms with van der Waals surface area (Å²) in [5.74, 6) is -0.576. The molecular formula is C16H21FN2O3. The van der Waals surface area contributed by atoms with Gasteiger partial charge in [-0.05, 0) is 18.6 Å². The zero-order valence-electron chi connectivity index (χ0n) is 12.6. The van der Waals surface area contributed by atoms with Crippen molar-refractivity contribution in [1.29, 1.82) is 0 Å². The van der Waals surface area contributed by atoms with Gasteiger partial charge in [-0.2, -0.15) is 0 Å². The lowest BCUT2D eigenvalue weighted by Gasteiger charge is -2.38. The van der Waals surface area contributed by atoms with Gasteiger partial charge >= 0.3 is 0 Å². The van der Waals surface area contributed by atoms with E-state index >= 15 is 0 Å². The number of halogens is 1. The van der Waals surface area contributed by atoms with Crippen molar-refractivity contribution < 1.29 is 18.7 Å². The van der Waals surface area contributed by atoms with Crippen molar-refractivity contribution in [2.24, 2.45) is 0 Å². The minimum atomic E-state index is -0.701. The van der Waals surface area contributed by atoms with Gasteiger partial charge in [-0.1, -0.05) is 19.1 Å². The van der Waals surface area contributed by atoms with Crippen LogP contribution in [-0.4, -0.2) is 43.4 Å². The summed E-state index contributed by atoms with van der Waals surface area (Å²) >= 11 is 0. The molecule has 1 spiro atoms. The summed E-state index contributed by atoms with van der Waals surface area (Å²) in [7, 11) is 0. The SMILES string of the molecule is CCC(Oc1ccccc1F)C(=O)NC1COC2(CNC2)C1. The Morgan fingerprint density at radius 1 is 1.55 bits per heavy atom. The number of amides is 1. The first kappa shape index (κ1) is 15.2. The quantitative estimate of drug-likeness (QED) is 0.859. The van der Waals surface area contributed by atoms with E-state index in [1.54, 1.807) is 12.1 Å².